The van der Waals surface area contributed by atoms with Crippen molar-refractivity contribution in [3.05, 3.63) is 12.3 Å². The number of anilines is 3. The number of nitrogens with two attached hydrogens (primary N) is 1. The average Bonchev–Trinajstić information content (AvgIpc) is 2.22. The number of likely N-dealkylation sites (N-methyl/N-ethyl adjacent to an activating group) is 1. The van der Waals surface area contributed by atoms with Gasteiger partial charge in [-0.05, 0) is 6.07 Å². The minimum Gasteiger partial charge on any atom is -0.397 e. The third kappa shape index (κ3) is 1.83. The van der Waals surface area contributed by atoms with Crippen molar-refractivity contribution in [2.24, 2.45) is 0 Å². The summed E-state index contributed by atoms with van der Waals surface area (Å²) < 4.78 is 0. The van der Waals surface area contributed by atoms with Crippen LogP contribution in [0.5, 0.6) is 0 Å². The fourth-order valence-electron chi connectivity index (χ4n) is 1.84. The van der Waals surface area contributed by atoms with Gasteiger partial charge in [0, 0.05) is 26.7 Å². The zero-order valence-electron chi connectivity index (χ0n) is 8.85. The Morgan fingerprint density at radius 1 is 1.53 bits per heavy atom. The van der Waals surface area contributed by atoms with Crippen molar-refractivity contribution in [2.75, 3.05) is 48.8 Å². The Balaban J connectivity index is 2.37. The molecule has 0 bridgehead atoms. The van der Waals surface area contributed by atoms with E-state index in [2.05, 4.69) is 14.8 Å². The van der Waals surface area contributed by atoms with Crippen LogP contribution in [0.4, 0.5) is 17.2 Å². The molecule has 82 valence electrons. The van der Waals surface area contributed by atoms with Gasteiger partial charge in [-0.3, -0.25) is 0 Å². The molecule has 15 heavy (non-hydrogen) atoms. The van der Waals surface area contributed by atoms with E-state index in [1.54, 1.807) is 6.20 Å². The highest BCUT2D eigenvalue weighted by Gasteiger charge is 2.20. The molecule has 0 aliphatic carbocycles. The van der Waals surface area contributed by atoms with Gasteiger partial charge >= 0.3 is 0 Å². The van der Waals surface area contributed by atoms with E-state index < -0.39 is 0 Å². The number of rotatable bonds is 2. The van der Waals surface area contributed by atoms with Crippen molar-refractivity contribution in [2.45, 2.75) is 0 Å². The number of fused-ring (bicyclic) bond motifs is 1. The molecule has 0 atom stereocenters. The number of hydrogen-bond acceptors (Lipinski definition) is 5. The molecule has 0 radical (unpaired) electrons. The lowest BCUT2D eigenvalue weighted by atomic mass is 10.2. The quantitative estimate of drug-likeness (QED) is 0.711. The molecule has 0 saturated carbocycles. The second-order valence-electron chi connectivity index (χ2n) is 3.74. The smallest absolute Gasteiger partial charge is 0.152 e. The Morgan fingerprint density at radius 3 is 3.07 bits per heavy atom. The first-order chi connectivity index (χ1) is 7.22. The van der Waals surface area contributed by atoms with Crippen LogP contribution in [0.25, 0.3) is 0 Å². The highest BCUT2D eigenvalue weighted by molar-refractivity contribution is 5.72. The summed E-state index contributed by atoms with van der Waals surface area (Å²) in [6.45, 7) is 2.60. The summed E-state index contributed by atoms with van der Waals surface area (Å²) in [5, 5.41) is 8.97. The molecule has 0 aromatic carbocycles. The van der Waals surface area contributed by atoms with Crippen molar-refractivity contribution in [1.29, 1.82) is 0 Å². The van der Waals surface area contributed by atoms with Crippen LogP contribution < -0.4 is 15.5 Å². The standard InChI is InChI=1S/C10H16N4O/c1-13-2-3-14(4-5-15)9-6-8(11)7-12-10(9)13/h6-7,15H,2-5,11H2,1H3. The fraction of sp³-hybridized carbons (Fsp3) is 0.500. The van der Waals surface area contributed by atoms with E-state index >= 15 is 0 Å². The summed E-state index contributed by atoms with van der Waals surface area (Å²) in [4.78, 5) is 8.52. The molecule has 5 heteroatoms. The van der Waals surface area contributed by atoms with E-state index in [9.17, 15) is 0 Å². The molecule has 0 amide bonds. The maximum Gasteiger partial charge on any atom is 0.152 e. The number of aliphatic hydroxyl groups excluding tert-OH is 1. The van der Waals surface area contributed by atoms with Gasteiger partial charge in [0.05, 0.1) is 24.2 Å². The number of pyridine rings is 1. The molecule has 3 N–H and O–H groups in total. The van der Waals surface area contributed by atoms with Gasteiger partial charge in [-0.15, -0.1) is 0 Å². The Bertz CT molecular complexity index is 355. The molecular weight excluding hydrogens is 192 g/mol. The zero-order valence-corrected chi connectivity index (χ0v) is 8.85. The van der Waals surface area contributed by atoms with E-state index in [4.69, 9.17) is 10.8 Å². The maximum atomic E-state index is 8.97. The molecule has 0 unspecified atom stereocenters. The maximum absolute atomic E-state index is 8.97. The first kappa shape index (κ1) is 10.0. The van der Waals surface area contributed by atoms with Gasteiger partial charge in [0.2, 0.25) is 0 Å². The topological polar surface area (TPSA) is 65.6 Å². The molecule has 0 saturated heterocycles. The third-order valence-electron chi connectivity index (χ3n) is 2.65. The Morgan fingerprint density at radius 2 is 2.33 bits per heavy atom. The largest absolute Gasteiger partial charge is 0.397 e. The number of nitrogen functional groups attached to an aromatic ring is 1. The number of aliphatic hydroxyl groups is 1. The monoisotopic (exact) mass is 208 g/mol. The molecule has 0 fully saturated rings. The minimum absolute atomic E-state index is 0.151. The van der Waals surface area contributed by atoms with Gasteiger partial charge in [-0.2, -0.15) is 0 Å². The lowest BCUT2D eigenvalue weighted by Gasteiger charge is -2.35. The lowest BCUT2D eigenvalue weighted by Crippen LogP contribution is -2.41. The van der Waals surface area contributed by atoms with Gasteiger partial charge in [0.1, 0.15) is 0 Å². The van der Waals surface area contributed by atoms with Crippen molar-refractivity contribution >= 4 is 17.2 Å². The Kier molecular flexibility index (Phi) is 2.64. The van der Waals surface area contributed by atoms with Crippen molar-refractivity contribution in [1.82, 2.24) is 4.98 Å². The summed E-state index contributed by atoms with van der Waals surface area (Å²) in [5.41, 5.74) is 7.39. The summed E-state index contributed by atoms with van der Waals surface area (Å²) in [6, 6.07) is 1.91. The summed E-state index contributed by atoms with van der Waals surface area (Å²) in [5.74, 6) is 0.934. The van der Waals surface area contributed by atoms with Crippen LogP contribution >= 0.6 is 0 Å². The highest BCUT2D eigenvalue weighted by Crippen LogP contribution is 2.31. The van der Waals surface area contributed by atoms with Crippen molar-refractivity contribution < 1.29 is 5.11 Å². The van der Waals surface area contributed by atoms with Crippen LogP contribution in [0.1, 0.15) is 0 Å². The van der Waals surface area contributed by atoms with Crippen LogP contribution in [0.3, 0.4) is 0 Å². The van der Waals surface area contributed by atoms with E-state index in [1.165, 1.54) is 0 Å². The van der Waals surface area contributed by atoms with Gasteiger partial charge in [-0.1, -0.05) is 0 Å². The fourth-order valence-corrected chi connectivity index (χ4v) is 1.84. The second-order valence-corrected chi connectivity index (χ2v) is 3.74. The number of aromatic nitrogens is 1. The van der Waals surface area contributed by atoms with Gasteiger partial charge < -0.3 is 20.6 Å². The molecule has 2 rings (SSSR count). The molecule has 5 nitrogen and oxygen atoms in total. The van der Waals surface area contributed by atoms with Crippen LogP contribution in [0.15, 0.2) is 12.3 Å². The van der Waals surface area contributed by atoms with Gasteiger partial charge in [0.25, 0.3) is 0 Å². The molecule has 2 heterocycles. The van der Waals surface area contributed by atoms with E-state index in [0.717, 1.165) is 24.6 Å². The van der Waals surface area contributed by atoms with Gasteiger partial charge in [0.15, 0.2) is 5.82 Å². The zero-order chi connectivity index (χ0) is 10.8. The average molecular weight is 208 g/mol. The number of nitrogens with zero attached hydrogens (tertiary/aromatic N) is 3. The molecular formula is C10H16N4O. The summed E-state index contributed by atoms with van der Waals surface area (Å²) in [7, 11) is 2.01. The predicted octanol–water partition coefficient (Wildman–Crippen LogP) is -0.0877. The van der Waals surface area contributed by atoms with Crippen LogP contribution in [-0.4, -0.2) is 43.4 Å². The van der Waals surface area contributed by atoms with E-state index in [-0.39, 0.29) is 6.61 Å². The van der Waals surface area contributed by atoms with Crippen LogP contribution in [0.2, 0.25) is 0 Å². The normalized spacial score (nSPS) is 15.3. The lowest BCUT2D eigenvalue weighted by molar-refractivity contribution is 0.301. The Labute approximate surface area is 89.1 Å². The molecule has 1 aromatic rings. The Hall–Kier alpha value is -1.49. The van der Waals surface area contributed by atoms with Crippen LogP contribution in [-0.2, 0) is 0 Å². The summed E-state index contributed by atoms with van der Waals surface area (Å²) in [6.07, 6.45) is 1.66. The molecule has 1 aliphatic heterocycles. The first-order valence-electron chi connectivity index (χ1n) is 5.05. The van der Waals surface area contributed by atoms with Crippen LogP contribution in [0, 0.1) is 0 Å². The molecule has 1 aromatic heterocycles. The minimum atomic E-state index is 0.151. The molecule has 1 aliphatic rings. The predicted molar refractivity (Wildman–Crippen MR) is 61.2 cm³/mol. The third-order valence-corrected chi connectivity index (χ3v) is 2.65. The molecule has 0 spiro atoms. The number of β-amino-alcohol motifs (C(OH)–C–C–N with tert-alkyl or cyclic N) is 1. The number of hydrogen-bond donors (Lipinski definition) is 2. The van der Waals surface area contributed by atoms with Crippen molar-refractivity contribution in [3.8, 4) is 0 Å². The second kappa shape index (κ2) is 3.94. The first-order valence-corrected chi connectivity index (χ1v) is 5.05. The SMILES string of the molecule is CN1CCN(CCO)c2cc(N)cnc21. The van der Waals surface area contributed by atoms with Gasteiger partial charge in [-0.25, -0.2) is 4.98 Å². The van der Waals surface area contributed by atoms with E-state index in [1.807, 2.05) is 13.1 Å². The van der Waals surface area contributed by atoms with Crippen molar-refractivity contribution in [3.63, 3.8) is 0 Å². The highest BCUT2D eigenvalue weighted by atomic mass is 16.3. The van der Waals surface area contributed by atoms with E-state index in [0.29, 0.717) is 12.2 Å². The summed E-state index contributed by atoms with van der Waals surface area (Å²) >= 11 is 0.